The molecular weight excluding hydrogens is 244 g/mol. The van der Waals surface area contributed by atoms with Crippen molar-refractivity contribution in [3.63, 3.8) is 0 Å². The normalized spacial score (nSPS) is 23.3. The van der Waals surface area contributed by atoms with Crippen LogP contribution in [0, 0.1) is 0 Å². The molecular formula is C14H28N2O3. The number of hydrogen-bond donors (Lipinski definition) is 2. The molecule has 1 aliphatic carbocycles. The quantitative estimate of drug-likeness (QED) is 0.619. The van der Waals surface area contributed by atoms with Gasteiger partial charge < -0.3 is 20.5 Å². The van der Waals surface area contributed by atoms with E-state index in [1.165, 1.54) is 0 Å². The molecule has 0 saturated heterocycles. The zero-order valence-electron chi connectivity index (χ0n) is 12.0. The number of ether oxygens (including phenoxy) is 2. The van der Waals surface area contributed by atoms with Crippen LogP contribution in [-0.2, 0) is 14.3 Å². The summed E-state index contributed by atoms with van der Waals surface area (Å²) in [6, 6.07) is 0.365. The lowest BCUT2D eigenvalue weighted by Crippen LogP contribution is -2.31. The van der Waals surface area contributed by atoms with Crippen molar-refractivity contribution < 1.29 is 14.3 Å². The number of nitrogens with one attached hydrogen (secondary N) is 1. The van der Waals surface area contributed by atoms with Gasteiger partial charge in [-0.1, -0.05) is 0 Å². The second-order valence-corrected chi connectivity index (χ2v) is 5.06. The molecule has 112 valence electrons. The van der Waals surface area contributed by atoms with Crippen molar-refractivity contribution >= 4 is 5.91 Å². The van der Waals surface area contributed by atoms with E-state index in [9.17, 15) is 4.79 Å². The largest absolute Gasteiger partial charge is 0.381 e. The van der Waals surface area contributed by atoms with Crippen LogP contribution in [0.3, 0.4) is 0 Å². The molecule has 0 aliphatic heterocycles. The van der Waals surface area contributed by atoms with Gasteiger partial charge in [-0.25, -0.2) is 0 Å². The first-order valence-corrected chi connectivity index (χ1v) is 7.44. The van der Waals surface area contributed by atoms with Crippen molar-refractivity contribution in [1.82, 2.24) is 5.32 Å². The molecule has 19 heavy (non-hydrogen) atoms. The fourth-order valence-electron chi connectivity index (χ4n) is 2.20. The molecule has 1 fully saturated rings. The van der Waals surface area contributed by atoms with E-state index in [1.54, 1.807) is 0 Å². The molecule has 0 atom stereocenters. The first-order chi connectivity index (χ1) is 9.22. The summed E-state index contributed by atoms with van der Waals surface area (Å²) >= 11 is 0. The third kappa shape index (κ3) is 8.18. The van der Waals surface area contributed by atoms with Crippen LogP contribution in [0.25, 0.3) is 0 Å². The summed E-state index contributed by atoms with van der Waals surface area (Å²) in [5.74, 6) is 0.0529. The third-order valence-corrected chi connectivity index (χ3v) is 3.39. The Morgan fingerprint density at radius 2 is 2.00 bits per heavy atom. The highest BCUT2D eigenvalue weighted by Crippen LogP contribution is 2.19. The average molecular weight is 272 g/mol. The lowest BCUT2D eigenvalue weighted by atomic mass is 9.94. The Kier molecular flexibility index (Phi) is 8.79. The van der Waals surface area contributed by atoms with Gasteiger partial charge in [0.25, 0.3) is 0 Å². The Morgan fingerprint density at radius 1 is 1.26 bits per heavy atom. The monoisotopic (exact) mass is 272 g/mol. The third-order valence-electron chi connectivity index (χ3n) is 3.39. The zero-order chi connectivity index (χ0) is 13.9. The van der Waals surface area contributed by atoms with Gasteiger partial charge in [-0.3, -0.25) is 4.79 Å². The van der Waals surface area contributed by atoms with Gasteiger partial charge in [-0.15, -0.1) is 0 Å². The van der Waals surface area contributed by atoms with Gasteiger partial charge in [0.2, 0.25) is 5.91 Å². The second-order valence-electron chi connectivity index (χ2n) is 5.06. The van der Waals surface area contributed by atoms with Crippen molar-refractivity contribution in [3.8, 4) is 0 Å². The van der Waals surface area contributed by atoms with Crippen molar-refractivity contribution in [1.29, 1.82) is 0 Å². The van der Waals surface area contributed by atoms with Crippen LogP contribution in [0.5, 0.6) is 0 Å². The van der Waals surface area contributed by atoms with Crippen LogP contribution < -0.4 is 11.1 Å². The molecule has 5 heteroatoms. The van der Waals surface area contributed by atoms with Crippen LogP contribution in [0.15, 0.2) is 0 Å². The molecule has 1 aliphatic rings. The van der Waals surface area contributed by atoms with Gasteiger partial charge in [-0.05, 0) is 39.0 Å². The molecule has 0 aromatic rings. The number of hydrogen-bond acceptors (Lipinski definition) is 4. The standard InChI is InChI=1S/C14H28N2O3/c1-2-18-11-8-14(17)16-9-3-10-19-13-6-4-12(15)5-7-13/h12-13H,2-11,15H2,1H3,(H,16,17). The molecule has 0 radical (unpaired) electrons. The Labute approximate surface area is 116 Å². The van der Waals surface area contributed by atoms with Gasteiger partial charge in [-0.2, -0.15) is 0 Å². The Bertz CT molecular complexity index is 241. The maximum Gasteiger partial charge on any atom is 0.222 e. The Morgan fingerprint density at radius 3 is 2.68 bits per heavy atom. The van der Waals surface area contributed by atoms with Crippen molar-refractivity contribution in [2.75, 3.05) is 26.4 Å². The van der Waals surface area contributed by atoms with E-state index in [4.69, 9.17) is 15.2 Å². The highest BCUT2D eigenvalue weighted by molar-refractivity contribution is 5.75. The molecule has 1 saturated carbocycles. The fraction of sp³-hybridized carbons (Fsp3) is 0.929. The minimum atomic E-state index is 0.0529. The summed E-state index contributed by atoms with van der Waals surface area (Å²) < 4.78 is 10.9. The second kappa shape index (κ2) is 10.2. The number of nitrogens with two attached hydrogens (primary N) is 1. The summed E-state index contributed by atoms with van der Waals surface area (Å²) in [4.78, 5) is 11.4. The number of amides is 1. The van der Waals surface area contributed by atoms with Crippen molar-refractivity contribution in [2.45, 2.75) is 57.6 Å². The first-order valence-electron chi connectivity index (χ1n) is 7.44. The van der Waals surface area contributed by atoms with E-state index in [0.717, 1.165) is 32.1 Å². The minimum absolute atomic E-state index is 0.0529. The molecule has 0 aromatic heterocycles. The SMILES string of the molecule is CCOCCC(=O)NCCCOC1CCC(N)CC1. The minimum Gasteiger partial charge on any atom is -0.381 e. The van der Waals surface area contributed by atoms with Crippen LogP contribution >= 0.6 is 0 Å². The van der Waals surface area contributed by atoms with E-state index in [2.05, 4.69) is 5.32 Å². The molecule has 5 nitrogen and oxygen atoms in total. The summed E-state index contributed by atoms with van der Waals surface area (Å²) in [6.07, 6.45) is 5.95. The number of carbonyl (C=O) groups is 1. The van der Waals surface area contributed by atoms with E-state index in [-0.39, 0.29) is 5.91 Å². The van der Waals surface area contributed by atoms with Gasteiger partial charge in [0.15, 0.2) is 0 Å². The van der Waals surface area contributed by atoms with Crippen LogP contribution in [0.2, 0.25) is 0 Å². The summed E-state index contributed by atoms with van der Waals surface area (Å²) in [7, 11) is 0. The van der Waals surface area contributed by atoms with E-state index < -0.39 is 0 Å². The highest BCUT2D eigenvalue weighted by atomic mass is 16.5. The van der Waals surface area contributed by atoms with Gasteiger partial charge in [0, 0.05) is 32.2 Å². The molecule has 3 N–H and O–H groups in total. The van der Waals surface area contributed by atoms with Gasteiger partial charge in [0.05, 0.1) is 12.7 Å². The van der Waals surface area contributed by atoms with E-state index >= 15 is 0 Å². The fourth-order valence-corrected chi connectivity index (χ4v) is 2.20. The molecule has 0 unspecified atom stereocenters. The van der Waals surface area contributed by atoms with Gasteiger partial charge in [0.1, 0.15) is 0 Å². The highest BCUT2D eigenvalue weighted by Gasteiger charge is 2.18. The topological polar surface area (TPSA) is 73.6 Å². The summed E-state index contributed by atoms with van der Waals surface area (Å²) in [6.45, 7) is 4.48. The summed E-state index contributed by atoms with van der Waals surface area (Å²) in [5.41, 5.74) is 5.84. The zero-order valence-corrected chi connectivity index (χ0v) is 12.0. The van der Waals surface area contributed by atoms with Crippen LogP contribution in [0.1, 0.15) is 45.4 Å². The number of carbonyl (C=O) groups excluding carboxylic acids is 1. The molecule has 0 bridgehead atoms. The van der Waals surface area contributed by atoms with Gasteiger partial charge >= 0.3 is 0 Å². The lowest BCUT2D eigenvalue weighted by molar-refractivity contribution is -0.122. The molecule has 0 aromatic carbocycles. The Hall–Kier alpha value is -0.650. The Balaban J connectivity index is 1.89. The van der Waals surface area contributed by atoms with Crippen LogP contribution in [-0.4, -0.2) is 44.4 Å². The van der Waals surface area contributed by atoms with Crippen molar-refractivity contribution in [2.24, 2.45) is 5.73 Å². The van der Waals surface area contributed by atoms with Crippen LogP contribution in [0.4, 0.5) is 0 Å². The maximum absolute atomic E-state index is 11.4. The molecule has 0 heterocycles. The molecule has 1 amide bonds. The maximum atomic E-state index is 11.4. The van der Waals surface area contributed by atoms with E-state index in [0.29, 0.717) is 44.9 Å². The first kappa shape index (κ1) is 16.4. The number of rotatable bonds is 9. The molecule has 1 rings (SSSR count). The summed E-state index contributed by atoms with van der Waals surface area (Å²) in [5, 5.41) is 2.87. The predicted molar refractivity (Wildman–Crippen MR) is 74.9 cm³/mol. The predicted octanol–water partition coefficient (Wildman–Crippen LogP) is 1.21. The molecule has 0 spiro atoms. The van der Waals surface area contributed by atoms with Crippen molar-refractivity contribution in [3.05, 3.63) is 0 Å². The average Bonchev–Trinajstić information content (AvgIpc) is 2.41. The smallest absolute Gasteiger partial charge is 0.222 e. The lowest BCUT2D eigenvalue weighted by Gasteiger charge is -2.26. The van der Waals surface area contributed by atoms with E-state index in [1.807, 2.05) is 6.92 Å².